The van der Waals surface area contributed by atoms with Crippen molar-refractivity contribution in [1.82, 2.24) is 10.2 Å². The molecule has 0 fully saturated rings. The van der Waals surface area contributed by atoms with Crippen LogP contribution < -0.4 is 11.1 Å². The van der Waals surface area contributed by atoms with E-state index in [-0.39, 0.29) is 10.9 Å². The predicted octanol–water partition coefficient (Wildman–Crippen LogP) is 2.84. The van der Waals surface area contributed by atoms with E-state index in [1.165, 1.54) is 0 Å². The smallest absolute Gasteiger partial charge is 0.237 e. The number of aromatic amines is 1. The number of H-pyrrole nitrogens is 1. The quantitative estimate of drug-likeness (QED) is 0.676. The van der Waals surface area contributed by atoms with E-state index in [4.69, 9.17) is 18.0 Å². The van der Waals surface area contributed by atoms with Crippen molar-refractivity contribution in [2.45, 2.75) is 53.4 Å². The summed E-state index contributed by atoms with van der Waals surface area (Å²) in [6, 6.07) is 0. The highest BCUT2D eigenvalue weighted by molar-refractivity contribution is 7.80. The van der Waals surface area contributed by atoms with Crippen molar-refractivity contribution in [3.05, 3.63) is 11.4 Å². The molecule has 0 saturated heterocycles. The Balaban J connectivity index is 3.08. The monoisotopic (exact) mass is 296 g/mol. The van der Waals surface area contributed by atoms with Crippen LogP contribution in [-0.4, -0.2) is 21.1 Å². The number of nitrogens with zero attached hydrogens (tertiary/aromatic N) is 1. The first-order valence-electron chi connectivity index (χ1n) is 7.02. The molecule has 0 spiro atoms. The van der Waals surface area contributed by atoms with Gasteiger partial charge in [0.1, 0.15) is 0 Å². The summed E-state index contributed by atoms with van der Waals surface area (Å²) in [5.41, 5.74) is 7.45. The summed E-state index contributed by atoms with van der Waals surface area (Å²) < 4.78 is 0. The SMILES string of the molecule is CCCC(CCC)(C(=O)Nc1c(C)n[nH]c1C)C(N)=S. The first-order valence-corrected chi connectivity index (χ1v) is 7.42. The second-order valence-corrected chi connectivity index (χ2v) is 5.65. The number of carbonyl (C=O) groups is 1. The number of rotatable bonds is 7. The summed E-state index contributed by atoms with van der Waals surface area (Å²) in [5, 5.41) is 9.89. The van der Waals surface area contributed by atoms with Gasteiger partial charge in [-0.1, -0.05) is 38.9 Å². The number of aromatic nitrogens is 2. The Morgan fingerprint density at radius 3 is 2.25 bits per heavy atom. The lowest BCUT2D eigenvalue weighted by atomic mass is 9.78. The molecule has 0 saturated carbocycles. The number of aryl methyl sites for hydroxylation is 2. The second kappa shape index (κ2) is 6.83. The van der Waals surface area contributed by atoms with Crippen molar-refractivity contribution in [3.8, 4) is 0 Å². The van der Waals surface area contributed by atoms with Gasteiger partial charge in [0.05, 0.1) is 27.5 Å². The minimum atomic E-state index is -0.769. The Morgan fingerprint density at radius 2 is 1.90 bits per heavy atom. The van der Waals surface area contributed by atoms with Gasteiger partial charge in [-0.25, -0.2) is 0 Å². The highest BCUT2D eigenvalue weighted by Crippen LogP contribution is 2.33. The number of hydrogen-bond donors (Lipinski definition) is 3. The average Bonchev–Trinajstić information content (AvgIpc) is 2.69. The molecule has 0 unspecified atom stereocenters. The zero-order valence-electron chi connectivity index (χ0n) is 12.7. The average molecular weight is 296 g/mol. The Labute approximate surface area is 125 Å². The zero-order chi connectivity index (χ0) is 15.3. The van der Waals surface area contributed by atoms with E-state index in [0.717, 1.165) is 29.9 Å². The topological polar surface area (TPSA) is 83.8 Å². The van der Waals surface area contributed by atoms with Crippen molar-refractivity contribution in [3.63, 3.8) is 0 Å². The van der Waals surface area contributed by atoms with Gasteiger partial charge < -0.3 is 11.1 Å². The van der Waals surface area contributed by atoms with Crippen LogP contribution in [0.4, 0.5) is 5.69 Å². The molecule has 0 radical (unpaired) electrons. The van der Waals surface area contributed by atoms with Crippen molar-refractivity contribution in [1.29, 1.82) is 0 Å². The van der Waals surface area contributed by atoms with Gasteiger partial charge in [-0.2, -0.15) is 5.10 Å². The summed E-state index contributed by atoms with van der Waals surface area (Å²) >= 11 is 5.19. The van der Waals surface area contributed by atoms with E-state index in [1.54, 1.807) is 0 Å². The number of amides is 1. The van der Waals surface area contributed by atoms with Crippen LogP contribution in [0.5, 0.6) is 0 Å². The van der Waals surface area contributed by atoms with Crippen molar-refractivity contribution < 1.29 is 4.79 Å². The molecule has 0 aliphatic carbocycles. The summed E-state index contributed by atoms with van der Waals surface area (Å²) in [6.45, 7) is 7.79. The molecule has 1 heterocycles. The van der Waals surface area contributed by atoms with Crippen LogP contribution in [0.2, 0.25) is 0 Å². The molecule has 4 N–H and O–H groups in total. The van der Waals surface area contributed by atoms with Gasteiger partial charge in [0, 0.05) is 0 Å². The maximum Gasteiger partial charge on any atom is 0.237 e. The molecule has 0 aliphatic rings. The van der Waals surface area contributed by atoms with Crippen LogP contribution in [0.1, 0.15) is 50.9 Å². The van der Waals surface area contributed by atoms with Gasteiger partial charge >= 0.3 is 0 Å². The zero-order valence-corrected chi connectivity index (χ0v) is 13.5. The van der Waals surface area contributed by atoms with E-state index in [1.807, 2.05) is 27.7 Å². The van der Waals surface area contributed by atoms with E-state index in [2.05, 4.69) is 15.5 Å². The maximum absolute atomic E-state index is 12.7. The van der Waals surface area contributed by atoms with Crippen LogP contribution in [-0.2, 0) is 4.79 Å². The third kappa shape index (κ3) is 3.17. The fourth-order valence-electron chi connectivity index (χ4n) is 2.53. The molecule has 0 aromatic carbocycles. The number of anilines is 1. The first-order chi connectivity index (χ1) is 9.39. The molecule has 0 bridgehead atoms. The number of carbonyl (C=O) groups excluding carboxylic acids is 1. The molecule has 112 valence electrons. The predicted molar refractivity (Wildman–Crippen MR) is 85.7 cm³/mol. The molecule has 1 amide bonds. The molecule has 1 aromatic rings. The molecule has 1 aromatic heterocycles. The van der Waals surface area contributed by atoms with E-state index in [9.17, 15) is 4.79 Å². The second-order valence-electron chi connectivity index (χ2n) is 5.21. The lowest BCUT2D eigenvalue weighted by molar-refractivity contribution is -0.122. The van der Waals surface area contributed by atoms with Crippen LogP contribution in [0.3, 0.4) is 0 Å². The highest BCUT2D eigenvalue weighted by Gasteiger charge is 2.40. The fraction of sp³-hybridized carbons (Fsp3) is 0.643. The Morgan fingerprint density at radius 1 is 1.35 bits per heavy atom. The van der Waals surface area contributed by atoms with Gasteiger partial charge in [-0.15, -0.1) is 0 Å². The Hall–Kier alpha value is -1.43. The molecular weight excluding hydrogens is 272 g/mol. The Kier molecular flexibility index (Phi) is 5.68. The largest absolute Gasteiger partial charge is 0.392 e. The third-order valence-electron chi connectivity index (χ3n) is 3.63. The number of nitrogens with one attached hydrogen (secondary N) is 2. The van der Waals surface area contributed by atoms with Gasteiger partial charge in [0.15, 0.2) is 0 Å². The lowest BCUT2D eigenvalue weighted by Crippen LogP contribution is -2.46. The number of thiocarbonyl (C=S) groups is 1. The number of nitrogens with two attached hydrogens (primary N) is 1. The van der Waals surface area contributed by atoms with Crippen molar-refractivity contribution in [2.24, 2.45) is 11.1 Å². The number of hydrogen-bond acceptors (Lipinski definition) is 3. The minimum Gasteiger partial charge on any atom is -0.392 e. The molecule has 20 heavy (non-hydrogen) atoms. The highest BCUT2D eigenvalue weighted by atomic mass is 32.1. The molecule has 0 atom stereocenters. The van der Waals surface area contributed by atoms with Crippen LogP contribution in [0, 0.1) is 19.3 Å². The summed E-state index contributed by atoms with van der Waals surface area (Å²) in [5.74, 6) is -0.124. The van der Waals surface area contributed by atoms with Crippen molar-refractivity contribution in [2.75, 3.05) is 5.32 Å². The molecule has 6 heteroatoms. The normalized spacial score (nSPS) is 11.4. The minimum absolute atomic E-state index is 0.124. The van der Waals surface area contributed by atoms with E-state index >= 15 is 0 Å². The maximum atomic E-state index is 12.7. The van der Waals surface area contributed by atoms with Crippen molar-refractivity contribution >= 4 is 28.8 Å². The van der Waals surface area contributed by atoms with Gasteiger partial charge in [-0.3, -0.25) is 9.89 Å². The van der Waals surface area contributed by atoms with Crippen LogP contribution >= 0.6 is 12.2 Å². The van der Waals surface area contributed by atoms with Gasteiger partial charge in [0.2, 0.25) is 5.91 Å². The van der Waals surface area contributed by atoms with Crippen LogP contribution in [0.15, 0.2) is 0 Å². The summed E-state index contributed by atoms with van der Waals surface area (Å²) in [7, 11) is 0. The Bertz CT molecular complexity index is 470. The summed E-state index contributed by atoms with van der Waals surface area (Å²) in [6.07, 6.45) is 3.04. The third-order valence-corrected chi connectivity index (χ3v) is 4.02. The first kappa shape index (κ1) is 16.6. The van der Waals surface area contributed by atoms with E-state index in [0.29, 0.717) is 12.8 Å². The van der Waals surface area contributed by atoms with Crippen LogP contribution in [0.25, 0.3) is 0 Å². The molecular formula is C14H24N4OS. The fourth-order valence-corrected chi connectivity index (χ4v) is 2.83. The molecule has 5 nitrogen and oxygen atoms in total. The summed E-state index contributed by atoms with van der Waals surface area (Å²) in [4.78, 5) is 13.0. The van der Waals surface area contributed by atoms with Gasteiger partial charge in [-0.05, 0) is 26.7 Å². The lowest BCUT2D eigenvalue weighted by Gasteiger charge is -2.31. The standard InChI is InChI=1S/C14H24N4OS/c1-5-7-14(8-6-2,12(15)20)13(19)16-11-9(3)17-18-10(11)4/h5-8H2,1-4H3,(H2,15,20)(H,16,19)(H,17,18). The van der Waals surface area contributed by atoms with Gasteiger partial charge in [0.25, 0.3) is 0 Å². The molecule has 1 rings (SSSR count). The molecule has 0 aliphatic heterocycles. The van der Waals surface area contributed by atoms with E-state index < -0.39 is 5.41 Å².